The molecule has 1 aromatic rings. The summed E-state index contributed by atoms with van der Waals surface area (Å²) in [6, 6.07) is 0. The Labute approximate surface area is 133 Å². The van der Waals surface area contributed by atoms with Crippen LogP contribution >= 0.6 is 0 Å². The van der Waals surface area contributed by atoms with E-state index >= 15 is 0 Å². The van der Waals surface area contributed by atoms with Crippen LogP contribution in [0.1, 0.15) is 10.5 Å². The third kappa shape index (κ3) is 2.63. The number of carbonyl (C=O) groups excluding carboxylic acids is 2. The summed E-state index contributed by atoms with van der Waals surface area (Å²) in [4.78, 5) is 36.5. The number of amides is 1. The monoisotopic (exact) mass is 318 g/mol. The van der Waals surface area contributed by atoms with Crippen LogP contribution in [0.2, 0.25) is 0 Å². The highest BCUT2D eigenvalue weighted by Crippen LogP contribution is 2.32. The zero-order valence-corrected chi connectivity index (χ0v) is 12.7. The fraction of sp³-hybridized carbons (Fsp3) is 0.600. The summed E-state index contributed by atoms with van der Waals surface area (Å²) in [6.45, 7) is 4.01. The van der Waals surface area contributed by atoms with Gasteiger partial charge in [-0.3, -0.25) is 14.6 Å². The Bertz CT molecular complexity index is 632. The molecule has 0 spiro atoms. The molecule has 122 valence electrons. The van der Waals surface area contributed by atoms with E-state index in [2.05, 4.69) is 9.97 Å². The third-order valence-electron chi connectivity index (χ3n) is 4.65. The van der Waals surface area contributed by atoms with Crippen LogP contribution in [-0.4, -0.2) is 72.7 Å². The van der Waals surface area contributed by atoms with Crippen molar-refractivity contribution >= 4 is 17.7 Å². The standard InChI is InChI=1S/C15H18N4O4/c20-14(18-1-3-22-4-2-18)12-5-16-6-13(17-12)19-7-10-9-23-15(21)11(10)8-19/h5-6,10-11H,1-4,7-9H2/t10-,11-/m1/s1. The number of ether oxygens (including phenoxy) is 2. The van der Waals surface area contributed by atoms with Crippen LogP contribution in [0.15, 0.2) is 12.4 Å². The van der Waals surface area contributed by atoms with E-state index in [1.165, 1.54) is 6.20 Å². The molecular weight excluding hydrogens is 300 g/mol. The lowest BCUT2D eigenvalue weighted by Crippen LogP contribution is -2.41. The van der Waals surface area contributed by atoms with E-state index < -0.39 is 0 Å². The van der Waals surface area contributed by atoms with Crippen molar-refractivity contribution in [2.75, 3.05) is 50.9 Å². The highest BCUT2D eigenvalue weighted by atomic mass is 16.5. The first kappa shape index (κ1) is 14.4. The molecule has 3 fully saturated rings. The molecule has 0 aromatic carbocycles. The van der Waals surface area contributed by atoms with E-state index in [1.54, 1.807) is 11.1 Å². The summed E-state index contributed by atoms with van der Waals surface area (Å²) in [5.74, 6) is 0.511. The molecule has 0 aliphatic carbocycles. The van der Waals surface area contributed by atoms with E-state index in [0.29, 0.717) is 57.5 Å². The van der Waals surface area contributed by atoms with Crippen molar-refractivity contribution in [2.45, 2.75) is 0 Å². The van der Waals surface area contributed by atoms with Gasteiger partial charge in [-0.1, -0.05) is 0 Å². The molecule has 4 rings (SSSR count). The number of morpholine rings is 1. The number of carbonyl (C=O) groups is 2. The molecule has 0 N–H and O–H groups in total. The van der Waals surface area contributed by atoms with E-state index in [4.69, 9.17) is 9.47 Å². The van der Waals surface area contributed by atoms with Crippen LogP contribution in [-0.2, 0) is 14.3 Å². The second-order valence-corrected chi connectivity index (χ2v) is 6.07. The zero-order valence-electron chi connectivity index (χ0n) is 12.7. The van der Waals surface area contributed by atoms with Gasteiger partial charge in [-0.05, 0) is 0 Å². The van der Waals surface area contributed by atoms with Crippen molar-refractivity contribution in [3.05, 3.63) is 18.1 Å². The molecule has 4 heterocycles. The fourth-order valence-electron chi connectivity index (χ4n) is 3.33. The summed E-state index contributed by atoms with van der Waals surface area (Å²) >= 11 is 0. The number of anilines is 1. The fourth-order valence-corrected chi connectivity index (χ4v) is 3.33. The van der Waals surface area contributed by atoms with Crippen LogP contribution in [0.5, 0.6) is 0 Å². The summed E-state index contributed by atoms with van der Waals surface area (Å²) < 4.78 is 10.3. The van der Waals surface area contributed by atoms with Crippen LogP contribution in [0.3, 0.4) is 0 Å². The summed E-state index contributed by atoms with van der Waals surface area (Å²) in [5, 5.41) is 0. The van der Waals surface area contributed by atoms with Crippen LogP contribution in [0.4, 0.5) is 5.82 Å². The number of hydrogen-bond acceptors (Lipinski definition) is 7. The van der Waals surface area contributed by atoms with Crippen LogP contribution in [0, 0.1) is 11.8 Å². The Kier molecular flexibility index (Phi) is 3.60. The van der Waals surface area contributed by atoms with Gasteiger partial charge in [0.1, 0.15) is 11.5 Å². The third-order valence-corrected chi connectivity index (χ3v) is 4.65. The van der Waals surface area contributed by atoms with Gasteiger partial charge in [0.25, 0.3) is 5.91 Å². The van der Waals surface area contributed by atoms with Gasteiger partial charge in [-0.2, -0.15) is 0 Å². The average molecular weight is 318 g/mol. The predicted octanol–water partition coefficient (Wildman–Crippen LogP) is -0.442. The number of nitrogens with zero attached hydrogens (tertiary/aromatic N) is 4. The quantitative estimate of drug-likeness (QED) is 0.683. The second kappa shape index (κ2) is 5.77. The second-order valence-electron chi connectivity index (χ2n) is 6.07. The molecular formula is C15H18N4O4. The van der Waals surface area contributed by atoms with Gasteiger partial charge in [0.2, 0.25) is 0 Å². The zero-order chi connectivity index (χ0) is 15.8. The minimum Gasteiger partial charge on any atom is -0.465 e. The molecule has 3 saturated heterocycles. The maximum Gasteiger partial charge on any atom is 0.311 e. The van der Waals surface area contributed by atoms with E-state index in [1.807, 2.05) is 4.90 Å². The molecule has 3 aliphatic heterocycles. The Balaban J connectivity index is 1.50. The molecule has 1 aromatic heterocycles. The lowest BCUT2D eigenvalue weighted by molar-refractivity contribution is -0.140. The van der Waals surface area contributed by atoms with Gasteiger partial charge in [0, 0.05) is 32.1 Å². The summed E-state index contributed by atoms with van der Waals surface area (Å²) in [6.07, 6.45) is 3.13. The maximum atomic E-state index is 12.5. The molecule has 0 bridgehead atoms. The van der Waals surface area contributed by atoms with Crippen molar-refractivity contribution in [1.29, 1.82) is 0 Å². The largest absolute Gasteiger partial charge is 0.465 e. The number of fused-ring (bicyclic) bond motifs is 1. The van der Waals surface area contributed by atoms with Gasteiger partial charge >= 0.3 is 5.97 Å². The maximum absolute atomic E-state index is 12.5. The SMILES string of the molecule is O=C1OC[C@H]2CN(c3cncc(C(=O)N4CCOCC4)n3)C[C@@H]12. The van der Waals surface area contributed by atoms with Gasteiger partial charge in [-0.15, -0.1) is 0 Å². The molecule has 0 saturated carbocycles. The average Bonchev–Trinajstić information content (AvgIpc) is 3.18. The van der Waals surface area contributed by atoms with Gasteiger partial charge < -0.3 is 19.3 Å². The lowest BCUT2D eigenvalue weighted by Gasteiger charge is -2.26. The molecule has 1 amide bonds. The topological polar surface area (TPSA) is 84.9 Å². The Hall–Kier alpha value is -2.22. The van der Waals surface area contributed by atoms with E-state index in [0.717, 1.165) is 0 Å². The number of cyclic esters (lactones) is 1. The Morgan fingerprint density at radius 3 is 2.83 bits per heavy atom. The Morgan fingerprint density at radius 1 is 1.22 bits per heavy atom. The van der Waals surface area contributed by atoms with Crippen LogP contribution < -0.4 is 4.90 Å². The normalized spacial score (nSPS) is 27.0. The molecule has 2 atom stereocenters. The molecule has 23 heavy (non-hydrogen) atoms. The van der Waals surface area contributed by atoms with Crippen molar-refractivity contribution in [3.63, 3.8) is 0 Å². The van der Waals surface area contributed by atoms with Crippen molar-refractivity contribution in [1.82, 2.24) is 14.9 Å². The first-order chi connectivity index (χ1) is 11.2. The van der Waals surface area contributed by atoms with E-state index in [9.17, 15) is 9.59 Å². The van der Waals surface area contributed by atoms with Gasteiger partial charge in [0.05, 0.1) is 38.1 Å². The van der Waals surface area contributed by atoms with Crippen LogP contribution in [0.25, 0.3) is 0 Å². The minimum atomic E-state index is -0.133. The molecule has 0 unspecified atom stereocenters. The van der Waals surface area contributed by atoms with Crippen molar-refractivity contribution in [2.24, 2.45) is 11.8 Å². The van der Waals surface area contributed by atoms with Gasteiger partial charge in [-0.25, -0.2) is 4.98 Å². The number of esters is 1. The molecule has 8 nitrogen and oxygen atoms in total. The lowest BCUT2D eigenvalue weighted by atomic mass is 10.0. The molecule has 0 radical (unpaired) electrons. The summed E-state index contributed by atoms with van der Waals surface area (Å²) in [5.41, 5.74) is 0.337. The van der Waals surface area contributed by atoms with E-state index in [-0.39, 0.29) is 23.7 Å². The number of aromatic nitrogens is 2. The number of rotatable bonds is 2. The van der Waals surface area contributed by atoms with Crippen molar-refractivity contribution < 1.29 is 19.1 Å². The minimum absolute atomic E-state index is 0.0876. The first-order valence-electron chi connectivity index (χ1n) is 7.83. The highest BCUT2D eigenvalue weighted by Gasteiger charge is 2.44. The summed E-state index contributed by atoms with van der Waals surface area (Å²) in [7, 11) is 0. The van der Waals surface area contributed by atoms with Crippen molar-refractivity contribution in [3.8, 4) is 0 Å². The first-order valence-corrected chi connectivity index (χ1v) is 7.83. The van der Waals surface area contributed by atoms with Gasteiger partial charge in [0.15, 0.2) is 0 Å². The Morgan fingerprint density at radius 2 is 2.04 bits per heavy atom. The molecule has 3 aliphatic rings. The predicted molar refractivity (Wildman–Crippen MR) is 78.9 cm³/mol. The molecule has 8 heteroatoms. The highest BCUT2D eigenvalue weighted by molar-refractivity contribution is 5.92. The smallest absolute Gasteiger partial charge is 0.311 e. The number of hydrogen-bond donors (Lipinski definition) is 0.